The molecule has 1 aliphatic rings. The van der Waals surface area contributed by atoms with Gasteiger partial charge in [-0.25, -0.2) is 0 Å². The second-order valence-electron chi connectivity index (χ2n) is 6.25. The first-order valence-corrected chi connectivity index (χ1v) is 7.69. The molecule has 0 aromatic heterocycles. The number of nitrogens with one attached hydrogen (secondary N) is 1. The fourth-order valence-electron chi connectivity index (χ4n) is 2.98. The summed E-state index contributed by atoms with van der Waals surface area (Å²) in [6.07, 6.45) is 5.41. The quantitative estimate of drug-likeness (QED) is 0.626. The van der Waals surface area contributed by atoms with Crippen LogP contribution in [0.3, 0.4) is 0 Å². The molecule has 0 aromatic carbocycles. The summed E-state index contributed by atoms with van der Waals surface area (Å²) < 4.78 is 0. The molecule has 0 bridgehead atoms. The monoisotopic (exact) mass is 283 g/mol. The van der Waals surface area contributed by atoms with Crippen LogP contribution in [0, 0.1) is 11.8 Å². The fourth-order valence-corrected chi connectivity index (χ4v) is 2.98. The average molecular weight is 283 g/mol. The number of amides is 1. The first-order chi connectivity index (χ1) is 9.45. The van der Waals surface area contributed by atoms with E-state index in [0.29, 0.717) is 6.42 Å². The van der Waals surface area contributed by atoms with Crippen molar-refractivity contribution in [1.29, 1.82) is 0 Å². The van der Waals surface area contributed by atoms with Gasteiger partial charge in [-0.1, -0.05) is 31.8 Å². The topological polar surface area (TPSA) is 69.6 Å². The molecule has 3 unspecified atom stereocenters. The van der Waals surface area contributed by atoms with E-state index in [9.17, 15) is 15.0 Å². The van der Waals surface area contributed by atoms with Gasteiger partial charge in [0, 0.05) is 5.92 Å². The summed E-state index contributed by atoms with van der Waals surface area (Å²) in [7, 11) is 0. The van der Waals surface area contributed by atoms with Crippen molar-refractivity contribution in [3.63, 3.8) is 0 Å². The second-order valence-corrected chi connectivity index (χ2v) is 6.25. The van der Waals surface area contributed by atoms with E-state index in [1.165, 1.54) is 6.42 Å². The Balaban J connectivity index is 2.52. The van der Waals surface area contributed by atoms with Crippen molar-refractivity contribution in [1.82, 2.24) is 5.32 Å². The summed E-state index contributed by atoms with van der Waals surface area (Å²) in [5.41, 5.74) is 0.959. The molecule has 0 aliphatic heterocycles. The minimum Gasteiger partial charge on any atom is -0.394 e. The van der Waals surface area contributed by atoms with Crippen LogP contribution in [0.1, 0.15) is 52.4 Å². The Hall–Kier alpha value is -0.870. The van der Waals surface area contributed by atoms with Crippen LogP contribution in [-0.4, -0.2) is 34.9 Å². The van der Waals surface area contributed by atoms with Gasteiger partial charge in [0.05, 0.1) is 18.8 Å². The van der Waals surface area contributed by atoms with Crippen molar-refractivity contribution in [2.24, 2.45) is 11.8 Å². The van der Waals surface area contributed by atoms with Crippen LogP contribution in [0.2, 0.25) is 0 Å². The third-order valence-electron chi connectivity index (χ3n) is 4.17. The molecule has 0 spiro atoms. The highest BCUT2D eigenvalue weighted by atomic mass is 16.3. The number of rotatable bonds is 7. The molecule has 1 fully saturated rings. The largest absolute Gasteiger partial charge is 0.394 e. The molecule has 1 amide bonds. The molecule has 3 atom stereocenters. The normalized spacial score (nSPS) is 21.0. The maximum Gasteiger partial charge on any atom is 0.223 e. The summed E-state index contributed by atoms with van der Waals surface area (Å²) in [4.78, 5) is 12.1. The van der Waals surface area contributed by atoms with E-state index >= 15 is 0 Å². The van der Waals surface area contributed by atoms with E-state index in [1.54, 1.807) is 0 Å². The number of allylic oxidation sites excluding steroid dienone is 1. The maximum atomic E-state index is 12.1. The highest BCUT2D eigenvalue weighted by Gasteiger charge is 2.30. The van der Waals surface area contributed by atoms with Crippen LogP contribution in [0.25, 0.3) is 0 Å². The summed E-state index contributed by atoms with van der Waals surface area (Å²) in [6, 6.07) is -0.557. The Kier molecular flexibility index (Phi) is 7.24. The Morgan fingerprint density at radius 3 is 2.45 bits per heavy atom. The molecule has 0 saturated heterocycles. The molecule has 4 heteroatoms. The van der Waals surface area contributed by atoms with Crippen molar-refractivity contribution in [2.45, 2.75) is 64.5 Å². The Morgan fingerprint density at radius 1 is 1.35 bits per heavy atom. The lowest BCUT2D eigenvalue weighted by Gasteiger charge is -2.32. The minimum atomic E-state index is -0.652. The van der Waals surface area contributed by atoms with Crippen molar-refractivity contribution >= 4 is 5.91 Å². The number of carbonyl (C=O) groups is 1. The van der Waals surface area contributed by atoms with Crippen molar-refractivity contribution in [3.8, 4) is 0 Å². The first-order valence-electron chi connectivity index (χ1n) is 7.69. The van der Waals surface area contributed by atoms with E-state index in [0.717, 1.165) is 31.3 Å². The Morgan fingerprint density at radius 2 is 1.95 bits per heavy atom. The van der Waals surface area contributed by atoms with Crippen LogP contribution in [-0.2, 0) is 4.79 Å². The van der Waals surface area contributed by atoms with Gasteiger partial charge >= 0.3 is 0 Å². The van der Waals surface area contributed by atoms with Gasteiger partial charge in [0.2, 0.25) is 5.91 Å². The molecule has 20 heavy (non-hydrogen) atoms. The average Bonchev–Trinajstić information content (AvgIpc) is 2.43. The molecule has 116 valence electrons. The van der Waals surface area contributed by atoms with Crippen LogP contribution in [0.15, 0.2) is 12.2 Å². The number of hydrogen-bond donors (Lipinski definition) is 3. The van der Waals surface area contributed by atoms with E-state index in [2.05, 4.69) is 11.9 Å². The molecule has 3 N–H and O–H groups in total. The van der Waals surface area contributed by atoms with E-state index in [-0.39, 0.29) is 24.3 Å². The van der Waals surface area contributed by atoms with E-state index in [1.807, 2.05) is 13.8 Å². The number of aliphatic hydroxyl groups is 2. The third kappa shape index (κ3) is 5.25. The van der Waals surface area contributed by atoms with Gasteiger partial charge in [-0.15, -0.1) is 6.58 Å². The standard InChI is InChI=1S/C16H29NO3/c1-11(2)9-12(3)16(20)17-14(10-18)15(19)13-7-5-4-6-8-13/h12-15,18-19H,1,4-10H2,2-3H3,(H,17,20). The summed E-state index contributed by atoms with van der Waals surface area (Å²) >= 11 is 0. The SMILES string of the molecule is C=C(C)CC(C)C(=O)NC(CO)C(O)C1CCCCC1. The number of aliphatic hydroxyl groups excluding tert-OH is 2. The van der Waals surface area contributed by atoms with Crippen LogP contribution >= 0.6 is 0 Å². The van der Waals surface area contributed by atoms with Gasteiger partial charge in [0.25, 0.3) is 0 Å². The number of hydrogen-bond acceptors (Lipinski definition) is 3. The van der Waals surface area contributed by atoms with Crippen molar-refractivity contribution in [2.75, 3.05) is 6.61 Å². The van der Waals surface area contributed by atoms with Gasteiger partial charge in [-0.2, -0.15) is 0 Å². The highest BCUT2D eigenvalue weighted by Crippen LogP contribution is 2.27. The van der Waals surface area contributed by atoms with E-state index in [4.69, 9.17) is 0 Å². The fraction of sp³-hybridized carbons (Fsp3) is 0.812. The molecular weight excluding hydrogens is 254 g/mol. The predicted octanol–water partition coefficient (Wildman–Crippen LogP) is 2.01. The third-order valence-corrected chi connectivity index (χ3v) is 4.17. The minimum absolute atomic E-state index is 0.123. The second kappa shape index (κ2) is 8.42. The van der Waals surface area contributed by atoms with Crippen LogP contribution in [0.4, 0.5) is 0 Å². The molecular formula is C16H29NO3. The van der Waals surface area contributed by atoms with Crippen molar-refractivity contribution in [3.05, 3.63) is 12.2 Å². The molecule has 1 saturated carbocycles. The maximum absolute atomic E-state index is 12.1. The first kappa shape index (κ1) is 17.2. The molecule has 4 nitrogen and oxygen atoms in total. The van der Waals surface area contributed by atoms with Gasteiger partial charge in [0.15, 0.2) is 0 Å². The van der Waals surface area contributed by atoms with Gasteiger partial charge < -0.3 is 15.5 Å². The molecule has 0 radical (unpaired) electrons. The molecule has 1 aliphatic carbocycles. The van der Waals surface area contributed by atoms with E-state index < -0.39 is 12.1 Å². The smallest absolute Gasteiger partial charge is 0.223 e. The zero-order valence-electron chi connectivity index (χ0n) is 12.8. The molecule has 0 aromatic rings. The van der Waals surface area contributed by atoms with Gasteiger partial charge in [-0.3, -0.25) is 4.79 Å². The van der Waals surface area contributed by atoms with Gasteiger partial charge in [0.1, 0.15) is 0 Å². The number of carbonyl (C=O) groups excluding carboxylic acids is 1. The Labute approximate surface area is 122 Å². The predicted molar refractivity (Wildman–Crippen MR) is 80.2 cm³/mol. The van der Waals surface area contributed by atoms with Gasteiger partial charge in [-0.05, 0) is 32.1 Å². The lowest BCUT2D eigenvalue weighted by molar-refractivity contribution is -0.127. The zero-order valence-corrected chi connectivity index (χ0v) is 12.8. The lowest BCUT2D eigenvalue weighted by Crippen LogP contribution is -2.50. The van der Waals surface area contributed by atoms with Crippen molar-refractivity contribution < 1.29 is 15.0 Å². The summed E-state index contributed by atoms with van der Waals surface area (Å²) in [5.74, 6) is -0.111. The molecule has 1 rings (SSSR count). The summed E-state index contributed by atoms with van der Waals surface area (Å²) in [6.45, 7) is 7.32. The summed E-state index contributed by atoms with van der Waals surface area (Å²) in [5, 5.41) is 22.6. The van der Waals surface area contributed by atoms with Crippen LogP contribution < -0.4 is 5.32 Å². The highest BCUT2D eigenvalue weighted by molar-refractivity contribution is 5.78. The molecule has 0 heterocycles. The lowest BCUT2D eigenvalue weighted by atomic mass is 9.82. The zero-order chi connectivity index (χ0) is 15.1. The van der Waals surface area contributed by atoms with Crippen LogP contribution in [0.5, 0.6) is 0 Å². The Bertz CT molecular complexity index is 324.